The van der Waals surface area contributed by atoms with E-state index >= 15 is 0 Å². The number of carbonyl (C=O) groups is 4. The summed E-state index contributed by atoms with van der Waals surface area (Å²) in [5.74, 6) is -2.05. The van der Waals surface area contributed by atoms with E-state index < -0.39 is 29.2 Å². The number of rotatable bonds is 8. The highest BCUT2D eigenvalue weighted by Gasteiger charge is 2.54. The lowest BCUT2D eigenvalue weighted by molar-refractivity contribution is -0.142. The zero-order valence-electron chi connectivity index (χ0n) is 20.8. The van der Waals surface area contributed by atoms with Crippen LogP contribution in [0.1, 0.15) is 62.2 Å². The topological polar surface area (TPSA) is 180 Å². The van der Waals surface area contributed by atoms with E-state index in [2.05, 4.69) is 11.4 Å². The number of likely N-dealkylation sites (tertiary alicyclic amines) is 1. The Labute approximate surface area is 219 Å². The van der Waals surface area contributed by atoms with Gasteiger partial charge in [0.1, 0.15) is 11.5 Å². The maximum atomic E-state index is 13.1. The third-order valence-electron chi connectivity index (χ3n) is 8.22. The minimum absolute atomic E-state index is 0.00194. The van der Waals surface area contributed by atoms with E-state index in [9.17, 15) is 29.5 Å². The Kier molecular flexibility index (Phi) is 6.41. The number of carboxylic acids is 1. The van der Waals surface area contributed by atoms with Crippen LogP contribution in [0.4, 0.5) is 0 Å². The number of hydrogen-bond donors (Lipinski definition) is 4. The van der Waals surface area contributed by atoms with Gasteiger partial charge in [-0.15, -0.1) is 0 Å². The van der Waals surface area contributed by atoms with Crippen LogP contribution in [0.15, 0.2) is 36.4 Å². The summed E-state index contributed by atoms with van der Waals surface area (Å²) in [6.07, 6.45) is 2.64. The molecule has 5 rings (SSSR count). The van der Waals surface area contributed by atoms with Gasteiger partial charge in [-0.3, -0.25) is 19.2 Å². The molecule has 10 nitrogen and oxygen atoms in total. The van der Waals surface area contributed by atoms with E-state index in [1.807, 2.05) is 0 Å². The number of carboxylic acid groups (broad SMARTS) is 1. The molecule has 0 bridgehead atoms. The SMILES string of the molecule is N#C[C@@H]1C[C@@H]2C[C@@H]2N1C(=O)CNCCC1(C(=O)O)c2ccc(C(N)=O)cc2CCc2cc(C(N)=O)ccc21. The summed E-state index contributed by atoms with van der Waals surface area (Å²) < 4.78 is 0. The average Bonchev–Trinajstić information content (AvgIpc) is 3.58. The number of aliphatic carboxylic acids is 1. The van der Waals surface area contributed by atoms with Crippen LogP contribution >= 0.6 is 0 Å². The number of primary amides is 2. The highest BCUT2D eigenvalue weighted by atomic mass is 16.4. The molecule has 2 aromatic carbocycles. The molecule has 3 aliphatic rings. The number of nitrogens with two attached hydrogens (primary N) is 2. The molecule has 0 aromatic heterocycles. The summed E-state index contributed by atoms with van der Waals surface area (Å²) in [4.78, 5) is 51.4. The molecule has 3 atom stereocenters. The molecule has 0 unspecified atom stereocenters. The van der Waals surface area contributed by atoms with Gasteiger partial charge in [-0.2, -0.15) is 5.26 Å². The highest BCUT2D eigenvalue weighted by molar-refractivity contribution is 5.95. The fraction of sp³-hybridized carbons (Fsp3) is 0.393. The standard InChI is InChI=1S/C28H29N5O5/c29-13-20-11-19-12-23(19)33(20)24(34)14-32-8-7-28(27(37)38)21-5-3-17(25(30)35)9-15(21)1-2-16-10-18(26(31)36)4-6-22(16)28/h3-6,9-10,19-20,23,32H,1-2,7-8,11-12,14H2,(H2,30,35)(H2,31,36)(H,37,38)/t19-,20+,23+/m1/s1. The number of amides is 3. The molecule has 1 heterocycles. The number of piperidine rings is 1. The Morgan fingerprint density at radius 3 is 2.08 bits per heavy atom. The zero-order chi connectivity index (χ0) is 27.2. The summed E-state index contributed by atoms with van der Waals surface area (Å²) in [6.45, 7) is 0.198. The fourth-order valence-corrected chi connectivity index (χ4v) is 6.25. The van der Waals surface area contributed by atoms with Gasteiger partial charge in [0.25, 0.3) is 0 Å². The van der Waals surface area contributed by atoms with Crippen molar-refractivity contribution in [1.29, 1.82) is 5.26 Å². The third kappa shape index (κ3) is 4.19. The molecule has 10 heteroatoms. The lowest BCUT2D eigenvalue weighted by atomic mass is 9.69. The van der Waals surface area contributed by atoms with Crippen molar-refractivity contribution < 1.29 is 24.3 Å². The Morgan fingerprint density at radius 2 is 1.58 bits per heavy atom. The van der Waals surface area contributed by atoms with Crippen LogP contribution in [0.5, 0.6) is 0 Å². The monoisotopic (exact) mass is 515 g/mol. The number of aryl methyl sites for hydroxylation is 2. The molecule has 1 aliphatic heterocycles. The molecule has 0 spiro atoms. The quantitative estimate of drug-likeness (QED) is 0.376. The van der Waals surface area contributed by atoms with Gasteiger partial charge in [-0.1, -0.05) is 12.1 Å². The van der Waals surface area contributed by atoms with Gasteiger partial charge >= 0.3 is 5.97 Å². The Hall–Kier alpha value is -4.23. The number of nitrogens with zero attached hydrogens (tertiary/aromatic N) is 2. The number of carbonyl (C=O) groups excluding carboxylic acids is 3. The van der Waals surface area contributed by atoms with Gasteiger partial charge in [0.15, 0.2) is 0 Å². The van der Waals surface area contributed by atoms with E-state index in [4.69, 9.17) is 11.5 Å². The normalized spacial score (nSPS) is 22.3. The van der Waals surface area contributed by atoms with E-state index in [1.165, 1.54) is 12.1 Å². The summed E-state index contributed by atoms with van der Waals surface area (Å²) in [5, 5.41) is 23.2. The number of nitriles is 1. The third-order valence-corrected chi connectivity index (χ3v) is 8.22. The van der Waals surface area contributed by atoms with Gasteiger partial charge < -0.3 is 26.8 Å². The fourth-order valence-electron chi connectivity index (χ4n) is 6.25. The molecule has 1 saturated heterocycles. The van der Waals surface area contributed by atoms with Crippen LogP contribution in [0.25, 0.3) is 0 Å². The molecular weight excluding hydrogens is 486 g/mol. The molecule has 2 fully saturated rings. The van der Waals surface area contributed by atoms with Crippen molar-refractivity contribution in [3.05, 3.63) is 69.8 Å². The molecule has 2 aliphatic carbocycles. The second kappa shape index (κ2) is 9.58. The van der Waals surface area contributed by atoms with Crippen molar-refractivity contribution in [3.63, 3.8) is 0 Å². The molecule has 6 N–H and O–H groups in total. The number of benzene rings is 2. The number of hydrogen-bond acceptors (Lipinski definition) is 6. The molecule has 2 aromatic rings. The molecular formula is C28H29N5O5. The lowest BCUT2D eigenvalue weighted by Gasteiger charge is -2.33. The van der Waals surface area contributed by atoms with E-state index in [-0.39, 0.29) is 42.6 Å². The number of fused-ring (bicyclic) bond motifs is 3. The molecule has 196 valence electrons. The largest absolute Gasteiger partial charge is 0.480 e. The number of nitrogens with one attached hydrogen (secondary N) is 1. The Morgan fingerprint density at radius 1 is 1.00 bits per heavy atom. The van der Waals surface area contributed by atoms with Crippen LogP contribution in [-0.4, -0.2) is 58.9 Å². The van der Waals surface area contributed by atoms with Gasteiger partial charge in [-0.05, 0) is 91.1 Å². The van der Waals surface area contributed by atoms with Gasteiger partial charge in [-0.25, -0.2) is 0 Å². The van der Waals surface area contributed by atoms with Crippen LogP contribution in [0, 0.1) is 17.2 Å². The Balaban J connectivity index is 1.46. The summed E-state index contributed by atoms with van der Waals surface area (Å²) in [6, 6.07) is 11.5. The first kappa shape index (κ1) is 25.4. The van der Waals surface area contributed by atoms with E-state index in [1.54, 1.807) is 29.2 Å². The van der Waals surface area contributed by atoms with Gasteiger partial charge in [0, 0.05) is 17.2 Å². The van der Waals surface area contributed by atoms with Crippen LogP contribution < -0.4 is 16.8 Å². The highest BCUT2D eigenvalue weighted by Crippen LogP contribution is 2.47. The first-order chi connectivity index (χ1) is 18.2. The first-order valence-electron chi connectivity index (χ1n) is 12.7. The van der Waals surface area contributed by atoms with Crippen molar-refractivity contribution in [3.8, 4) is 6.07 Å². The van der Waals surface area contributed by atoms with Crippen molar-refractivity contribution in [2.75, 3.05) is 13.1 Å². The van der Waals surface area contributed by atoms with E-state index in [0.29, 0.717) is 47.4 Å². The average molecular weight is 516 g/mol. The summed E-state index contributed by atoms with van der Waals surface area (Å²) in [5.41, 5.74) is 12.5. The van der Waals surface area contributed by atoms with Crippen LogP contribution in [-0.2, 0) is 27.8 Å². The summed E-state index contributed by atoms with van der Waals surface area (Å²) in [7, 11) is 0. The van der Waals surface area contributed by atoms with Gasteiger partial charge in [0.05, 0.1) is 12.6 Å². The predicted octanol–water partition coefficient (Wildman–Crippen LogP) is 0.846. The van der Waals surface area contributed by atoms with E-state index in [0.717, 1.165) is 6.42 Å². The smallest absolute Gasteiger partial charge is 0.318 e. The molecule has 3 amide bonds. The van der Waals surface area contributed by atoms with Crippen molar-refractivity contribution >= 4 is 23.7 Å². The molecule has 1 saturated carbocycles. The zero-order valence-corrected chi connectivity index (χ0v) is 20.8. The second-order valence-electron chi connectivity index (χ2n) is 10.4. The maximum Gasteiger partial charge on any atom is 0.318 e. The van der Waals surface area contributed by atoms with Crippen LogP contribution in [0.2, 0.25) is 0 Å². The van der Waals surface area contributed by atoms with Crippen molar-refractivity contribution in [2.45, 2.75) is 49.6 Å². The van der Waals surface area contributed by atoms with Crippen molar-refractivity contribution in [1.82, 2.24) is 10.2 Å². The van der Waals surface area contributed by atoms with Crippen LogP contribution in [0.3, 0.4) is 0 Å². The minimum atomic E-state index is -1.51. The first-order valence-corrected chi connectivity index (χ1v) is 12.7. The predicted molar refractivity (Wildman–Crippen MR) is 136 cm³/mol. The Bertz CT molecular complexity index is 1330. The summed E-state index contributed by atoms with van der Waals surface area (Å²) >= 11 is 0. The second-order valence-corrected chi connectivity index (χ2v) is 10.4. The van der Waals surface area contributed by atoms with Crippen molar-refractivity contribution in [2.24, 2.45) is 17.4 Å². The minimum Gasteiger partial charge on any atom is -0.480 e. The molecule has 38 heavy (non-hydrogen) atoms. The van der Waals surface area contributed by atoms with Gasteiger partial charge in [0.2, 0.25) is 17.7 Å². The maximum absolute atomic E-state index is 13.1. The molecule has 0 radical (unpaired) electrons. The lowest BCUT2D eigenvalue weighted by Crippen LogP contribution is -2.45.